The van der Waals surface area contributed by atoms with Crippen molar-refractivity contribution >= 4 is 22.8 Å². The molecule has 3 aromatic rings. The summed E-state index contributed by atoms with van der Waals surface area (Å²) in [5, 5.41) is 14.7. The number of aromatic nitrogens is 2. The van der Waals surface area contributed by atoms with Crippen molar-refractivity contribution in [2.75, 3.05) is 13.1 Å². The molecule has 3 rings (SSSR count). The quantitative estimate of drug-likeness (QED) is 0.468. The molecule has 2 amide bonds. The van der Waals surface area contributed by atoms with Crippen LogP contribution in [0, 0.1) is 0 Å². The molecule has 0 spiro atoms. The number of carbonyl (C=O) groups excluding carboxylic acids is 2. The van der Waals surface area contributed by atoms with Crippen LogP contribution in [0.5, 0.6) is 5.75 Å². The zero-order valence-electron chi connectivity index (χ0n) is 16.9. The van der Waals surface area contributed by atoms with E-state index in [2.05, 4.69) is 10.6 Å². The number of nitrogens with one attached hydrogen (secondary N) is 2. The van der Waals surface area contributed by atoms with E-state index in [4.69, 9.17) is 0 Å². The second-order valence-corrected chi connectivity index (χ2v) is 6.98. The van der Waals surface area contributed by atoms with Crippen molar-refractivity contribution in [2.24, 2.45) is 0 Å². The maximum Gasteiger partial charge on any atom is 0.329 e. The van der Waals surface area contributed by atoms with Gasteiger partial charge in [-0.1, -0.05) is 19.1 Å². The van der Waals surface area contributed by atoms with Crippen molar-refractivity contribution < 1.29 is 14.7 Å². The molecule has 0 aliphatic rings. The maximum atomic E-state index is 12.7. The van der Waals surface area contributed by atoms with Crippen molar-refractivity contribution in [1.82, 2.24) is 19.8 Å². The number of para-hydroxylation sites is 2. The summed E-state index contributed by atoms with van der Waals surface area (Å²) in [6.07, 6.45) is 1.02. The first-order valence-electron chi connectivity index (χ1n) is 10.0. The number of hydrogen-bond acceptors (Lipinski definition) is 4. The van der Waals surface area contributed by atoms with Crippen LogP contribution in [0.4, 0.5) is 0 Å². The topological polar surface area (TPSA) is 105 Å². The number of rotatable bonds is 9. The Morgan fingerprint density at radius 2 is 1.50 bits per heavy atom. The molecule has 0 fully saturated rings. The van der Waals surface area contributed by atoms with E-state index in [0.29, 0.717) is 18.7 Å². The minimum Gasteiger partial charge on any atom is -0.508 e. The number of phenolic OH excluding ortho intramolecular Hbond substituents is 1. The van der Waals surface area contributed by atoms with Crippen LogP contribution >= 0.6 is 0 Å². The maximum absolute atomic E-state index is 12.7. The number of aromatic hydroxyl groups is 1. The van der Waals surface area contributed by atoms with Crippen molar-refractivity contribution in [3.8, 4) is 5.75 Å². The van der Waals surface area contributed by atoms with Gasteiger partial charge in [-0.25, -0.2) is 4.79 Å². The van der Waals surface area contributed by atoms with Gasteiger partial charge in [0.1, 0.15) is 5.75 Å². The van der Waals surface area contributed by atoms with Gasteiger partial charge in [-0.2, -0.15) is 0 Å². The molecule has 0 aliphatic heterocycles. The zero-order valence-corrected chi connectivity index (χ0v) is 16.9. The average molecular weight is 410 g/mol. The number of imidazole rings is 1. The molecule has 0 atom stereocenters. The fourth-order valence-electron chi connectivity index (χ4n) is 3.32. The number of aryl methyl sites for hydroxylation is 2. The standard InChI is InChI=1S/C22H26N4O4/c1-2-14-25-18-5-3-4-6-19(18)26(22(25)30)15-11-20(28)23-12-13-24-21(29)16-7-9-17(27)10-8-16/h3-10,27H,2,11-15H2,1H3,(H,23,28)(H,24,29). The lowest BCUT2D eigenvalue weighted by Crippen LogP contribution is -2.35. The fraction of sp³-hybridized carbons (Fsp3) is 0.318. The second kappa shape index (κ2) is 9.78. The summed E-state index contributed by atoms with van der Waals surface area (Å²) in [6, 6.07) is 13.5. The summed E-state index contributed by atoms with van der Waals surface area (Å²) in [5.41, 5.74) is 2.03. The smallest absolute Gasteiger partial charge is 0.329 e. The Morgan fingerprint density at radius 1 is 0.900 bits per heavy atom. The largest absolute Gasteiger partial charge is 0.508 e. The molecule has 2 aromatic carbocycles. The normalized spacial score (nSPS) is 10.8. The Morgan fingerprint density at radius 3 is 2.13 bits per heavy atom. The number of carbonyl (C=O) groups is 2. The minimum absolute atomic E-state index is 0.0933. The van der Waals surface area contributed by atoms with Crippen molar-refractivity contribution in [1.29, 1.82) is 0 Å². The van der Waals surface area contributed by atoms with Gasteiger partial charge in [0.25, 0.3) is 5.91 Å². The van der Waals surface area contributed by atoms with E-state index in [0.717, 1.165) is 17.5 Å². The van der Waals surface area contributed by atoms with Crippen LogP contribution in [0.2, 0.25) is 0 Å². The summed E-state index contributed by atoms with van der Waals surface area (Å²) in [6.45, 7) is 3.52. The lowest BCUT2D eigenvalue weighted by molar-refractivity contribution is -0.121. The molecule has 3 N–H and O–H groups in total. The van der Waals surface area contributed by atoms with Crippen LogP contribution in [0.15, 0.2) is 53.3 Å². The number of hydrogen-bond donors (Lipinski definition) is 3. The molecule has 0 bridgehead atoms. The highest BCUT2D eigenvalue weighted by Gasteiger charge is 2.13. The van der Waals surface area contributed by atoms with Crippen LogP contribution in [0.3, 0.4) is 0 Å². The van der Waals surface area contributed by atoms with Gasteiger partial charge in [0.15, 0.2) is 0 Å². The average Bonchev–Trinajstić information content (AvgIpc) is 3.01. The molecule has 158 valence electrons. The Balaban J connectivity index is 1.49. The van der Waals surface area contributed by atoms with E-state index < -0.39 is 0 Å². The number of nitrogens with zero attached hydrogens (tertiary/aromatic N) is 2. The molecule has 0 saturated carbocycles. The first kappa shape index (κ1) is 21.2. The monoisotopic (exact) mass is 410 g/mol. The van der Waals surface area contributed by atoms with Crippen LogP contribution in [-0.4, -0.2) is 39.1 Å². The highest BCUT2D eigenvalue weighted by Crippen LogP contribution is 2.13. The second-order valence-electron chi connectivity index (χ2n) is 6.98. The van der Waals surface area contributed by atoms with Crippen LogP contribution in [-0.2, 0) is 17.9 Å². The van der Waals surface area contributed by atoms with Crippen molar-refractivity contribution in [3.05, 3.63) is 64.6 Å². The predicted octanol–water partition coefficient (Wildman–Crippen LogP) is 1.85. The van der Waals surface area contributed by atoms with E-state index in [1.165, 1.54) is 24.3 Å². The van der Waals surface area contributed by atoms with E-state index >= 15 is 0 Å². The summed E-state index contributed by atoms with van der Waals surface area (Å²) >= 11 is 0. The van der Waals surface area contributed by atoms with Crippen LogP contribution in [0.25, 0.3) is 11.0 Å². The van der Waals surface area contributed by atoms with E-state index in [9.17, 15) is 19.5 Å². The molecule has 0 aliphatic carbocycles. The van der Waals surface area contributed by atoms with Crippen LogP contribution < -0.4 is 16.3 Å². The number of fused-ring (bicyclic) bond motifs is 1. The van der Waals surface area contributed by atoms with Gasteiger partial charge in [-0.15, -0.1) is 0 Å². The van der Waals surface area contributed by atoms with Gasteiger partial charge in [0.2, 0.25) is 5.91 Å². The third-order valence-corrected chi connectivity index (χ3v) is 4.80. The summed E-state index contributed by atoms with van der Waals surface area (Å²) in [5.74, 6) is -0.372. The lowest BCUT2D eigenvalue weighted by atomic mass is 10.2. The first-order chi connectivity index (χ1) is 14.5. The predicted molar refractivity (Wildman–Crippen MR) is 115 cm³/mol. The molecule has 0 saturated heterocycles. The molecular formula is C22H26N4O4. The lowest BCUT2D eigenvalue weighted by Gasteiger charge is -2.08. The molecule has 0 unspecified atom stereocenters. The van der Waals surface area contributed by atoms with E-state index in [1.807, 2.05) is 31.2 Å². The van der Waals surface area contributed by atoms with Gasteiger partial charge in [0.05, 0.1) is 11.0 Å². The Hall–Kier alpha value is -3.55. The summed E-state index contributed by atoms with van der Waals surface area (Å²) < 4.78 is 3.38. The number of benzene rings is 2. The fourth-order valence-corrected chi connectivity index (χ4v) is 3.32. The van der Waals surface area contributed by atoms with Gasteiger partial charge >= 0.3 is 5.69 Å². The van der Waals surface area contributed by atoms with Crippen molar-refractivity contribution in [2.45, 2.75) is 32.9 Å². The molecule has 8 nitrogen and oxygen atoms in total. The SMILES string of the molecule is CCCn1c(=O)n(CCC(=O)NCCNC(=O)c2ccc(O)cc2)c2ccccc21. The van der Waals surface area contributed by atoms with Crippen LogP contribution in [0.1, 0.15) is 30.1 Å². The summed E-state index contributed by atoms with van der Waals surface area (Å²) in [7, 11) is 0. The Kier molecular flexibility index (Phi) is 6.90. The Bertz CT molecular complexity index is 1080. The Labute approximate surface area is 174 Å². The first-order valence-corrected chi connectivity index (χ1v) is 10.0. The molecule has 1 aromatic heterocycles. The van der Waals surface area contributed by atoms with Gasteiger partial charge < -0.3 is 15.7 Å². The zero-order chi connectivity index (χ0) is 21.5. The molecular weight excluding hydrogens is 384 g/mol. The van der Waals surface area contributed by atoms with Gasteiger partial charge in [-0.3, -0.25) is 18.7 Å². The molecule has 0 radical (unpaired) electrons. The highest BCUT2D eigenvalue weighted by molar-refractivity contribution is 5.94. The van der Waals surface area contributed by atoms with E-state index in [1.54, 1.807) is 9.13 Å². The number of amides is 2. The molecule has 30 heavy (non-hydrogen) atoms. The third kappa shape index (κ3) is 4.89. The van der Waals surface area contributed by atoms with Gasteiger partial charge in [-0.05, 0) is 42.8 Å². The number of phenols is 1. The summed E-state index contributed by atoms with van der Waals surface area (Å²) in [4.78, 5) is 36.9. The van der Waals surface area contributed by atoms with Crippen molar-refractivity contribution in [3.63, 3.8) is 0 Å². The molecule has 8 heteroatoms. The minimum atomic E-state index is -0.278. The molecule has 1 heterocycles. The van der Waals surface area contributed by atoms with E-state index in [-0.39, 0.29) is 42.8 Å². The van der Waals surface area contributed by atoms with Gasteiger partial charge in [0, 0.05) is 38.2 Å². The highest BCUT2D eigenvalue weighted by atomic mass is 16.3. The third-order valence-electron chi connectivity index (χ3n) is 4.80.